The first-order chi connectivity index (χ1) is 6.61. The second-order valence-corrected chi connectivity index (χ2v) is 4.79. The van der Waals surface area contributed by atoms with Crippen LogP contribution in [0.15, 0.2) is 18.2 Å². The summed E-state index contributed by atoms with van der Waals surface area (Å²) in [7, 11) is 0. The molecule has 1 aliphatic rings. The summed E-state index contributed by atoms with van der Waals surface area (Å²) in [6.45, 7) is 2.04. The van der Waals surface area contributed by atoms with E-state index in [-0.39, 0.29) is 6.04 Å². The van der Waals surface area contributed by atoms with E-state index in [1.165, 1.54) is 0 Å². The fourth-order valence-corrected chi connectivity index (χ4v) is 2.41. The SMILES string of the molecule is C[C@H](N)[C@H]1C[C@@H]1c1cccc(Cl)c1Cl. The molecule has 1 aliphatic carbocycles. The van der Waals surface area contributed by atoms with Gasteiger partial charge in [-0.3, -0.25) is 0 Å². The third-order valence-electron chi connectivity index (χ3n) is 2.90. The summed E-state index contributed by atoms with van der Waals surface area (Å²) in [6.07, 6.45) is 1.14. The minimum Gasteiger partial charge on any atom is -0.328 e. The van der Waals surface area contributed by atoms with Crippen LogP contribution in [-0.2, 0) is 0 Å². The molecule has 76 valence electrons. The lowest BCUT2D eigenvalue weighted by atomic mass is 10.1. The Morgan fingerprint density at radius 3 is 2.71 bits per heavy atom. The molecule has 3 atom stereocenters. The standard InChI is InChI=1S/C11H13Cl2N/c1-6(14)8-5-9(8)7-3-2-4-10(12)11(7)13/h2-4,6,8-9H,5,14H2,1H3/t6-,8+,9+/m0/s1. The molecule has 0 aliphatic heterocycles. The van der Waals surface area contributed by atoms with Gasteiger partial charge in [0.2, 0.25) is 0 Å². The van der Waals surface area contributed by atoms with Gasteiger partial charge in [-0.05, 0) is 36.8 Å². The Bertz CT molecular complexity index is 349. The molecule has 1 aromatic carbocycles. The highest BCUT2D eigenvalue weighted by Gasteiger charge is 2.41. The fourth-order valence-electron chi connectivity index (χ4n) is 1.96. The summed E-state index contributed by atoms with van der Waals surface area (Å²) >= 11 is 12.1. The van der Waals surface area contributed by atoms with Crippen molar-refractivity contribution in [1.29, 1.82) is 0 Å². The summed E-state index contributed by atoms with van der Waals surface area (Å²) in [6, 6.07) is 6.05. The molecule has 3 heteroatoms. The highest BCUT2D eigenvalue weighted by atomic mass is 35.5. The molecule has 14 heavy (non-hydrogen) atoms. The molecule has 0 radical (unpaired) electrons. The molecule has 2 N–H and O–H groups in total. The molecule has 0 amide bonds. The van der Waals surface area contributed by atoms with E-state index in [0.717, 1.165) is 12.0 Å². The maximum absolute atomic E-state index is 6.13. The molecule has 1 nitrogen and oxygen atoms in total. The van der Waals surface area contributed by atoms with E-state index in [4.69, 9.17) is 28.9 Å². The van der Waals surface area contributed by atoms with E-state index in [9.17, 15) is 0 Å². The van der Waals surface area contributed by atoms with Gasteiger partial charge in [-0.15, -0.1) is 0 Å². The van der Waals surface area contributed by atoms with Crippen molar-refractivity contribution in [1.82, 2.24) is 0 Å². The first-order valence-electron chi connectivity index (χ1n) is 4.80. The van der Waals surface area contributed by atoms with Crippen LogP contribution in [0.3, 0.4) is 0 Å². The highest BCUT2D eigenvalue weighted by molar-refractivity contribution is 6.42. The van der Waals surface area contributed by atoms with Crippen molar-refractivity contribution in [3.8, 4) is 0 Å². The number of halogens is 2. The van der Waals surface area contributed by atoms with Gasteiger partial charge in [0.15, 0.2) is 0 Å². The van der Waals surface area contributed by atoms with Crippen molar-refractivity contribution < 1.29 is 0 Å². The molecule has 0 spiro atoms. The van der Waals surface area contributed by atoms with E-state index in [2.05, 4.69) is 0 Å². The predicted octanol–water partition coefficient (Wildman–Crippen LogP) is 3.44. The lowest BCUT2D eigenvalue weighted by molar-refractivity contribution is 0.632. The van der Waals surface area contributed by atoms with Crippen LogP contribution in [-0.4, -0.2) is 6.04 Å². The average Bonchev–Trinajstić information content (AvgIpc) is 2.89. The first-order valence-corrected chi connectivity index (χ1v) is 5.56. The number of hydrogen-bond acceptors (Lipinski definition) is 1. The number of benzene rings is 1. The second-order valence-electron chi connectivity index (χ2n) is 4.01. The van der Waals surface area contributed by atoms with Gasteiger partial charge >= 0.3 is 0 Å². The van der Waals surface area contributed by atoms with Crippen LogP contribution in [0.4, 0.5) is 0 Å². The van der Waals surface area contributed by atoms with Crippen molar-refractivity contribution in [3.63, 3.8) is 0 Å². The van der Waals surface area contributed by atoms with E-state index in [0.29, 0.717) is 21.9 Å². The van der Waals surface area contributed by atoms with Crippen molar-refractivity contribution in [2.45, 2.75) is 25.3 Å². The number of rotatable bonds is 2. The predicted molar refractivity (Wildman–Crippen MR) is 61.0 cm³/mol. The highest BCUT2D eigenvalue weighted by Crippen LogP contribution is 2.51. The molecule has 1 fully saturated rings. The average molecular weight is 230 g/mol. The van der Waals surface area contributed by atoms with E-state index in [1.54, 1.807) is 0 Å². The molecule has 0 bridgehead atoms. The summed E-state index contributed by atoms with van der Waals surface area (Å²) < 4.78 is 0. The van der Waals surface area contributed by atoms with Gasteiger partial charge in [-0.2, -0.15) is 0 Å². The normalized spacial score (nSPS) is 27.4. The first kappa shape index (κ1) is 10.3. The molecule has 0 saturated heterocycles. The van der Waals surface area contributed by atoms with Gasteiger partial charge in [0, 0.05) is 6.04 Å². The van der Waals surface area contributed by atoms with Crippen LogP contribution in [0.25, 0.3) is 0 Å². The van der Waals surface area contributed by atoms with Crippen LogP contribution >= 0.6 is 23.2 Å². The Morgan fingerprint density at radius 2 is 2.14 bits per heavy atom. The van der Waals surface area contributed by atoms with Crippen LogP contribution in [0.5, 0.6) is 0 Å². The smallest absolute Gasteiger partial charge is 0.0627 e. The quantitative estimate of drug-likeness (QED) is 0.827. The minimum absolute atomic E-state index is 0.245. The minimum atomic E-state index is 0.245. The second kappa shape index (κ2) is 3.73. The van der Waals surface area contributed by atoms with Gasteiger partial charge < -0.3 is 5.73 Å². The zero-order chi connectivity index (χ0) is 10.3. The zero-order valence-electron chi connectivity index (χ0n) is 8.00. The molecule has 2 rings (SSSR count). The molecule has 1 aromatic rings. The lowest BCUT2D eigenvalue weighted by Crippen LogP contribution is -2.17. The summed E-state index contributed by atoms with van der Waals surface area (Å²) in [4.78, 5) is 0. The summed E-state index contributed by atoms with van der Waals surface area (Å²) in [5.41, 5.74) is 6.99. The summed E-state index contributed by atoms with van der Waals surface area (Å²) in [5, 5.41) is 1.34. The number of hydrogen-bond donors (Lipinski definition) is 1. The Hall–Kier alpha value is -0.240. The topological polar surface area (TPSA) is 26.0 Å². The molecular formula is C11H13Cl2N. The Balaban J connectivity index is 2.23. The lowest BCUT2D eigenvalue weighted by Gasteiger charge is -2.06. The van der Waals surface area contributed by atoms with Crippen LogP contribution in [0.2, 0.25) is 10.0 Å². The van der Waals surface area contributed by atoms with E-state index >= 15 is 0 Å². The molecular weight excluding hydrogens is 217 g/mol. The Morgan fingerprint density at radius 1 is 1.43 bits per heavy atom. The third kappa shape index (κ3) is 1.77. The molecule has 0 heterocycles. The molecule has 0 aromatic heterocycles. The van der Waals surface area contributed by atoms with Gasteiger partial charge in [0.25, 0.3) is 0 Å². The summed E-state index contributed by atoms with van der Waals surface area (Å²) in [5.74, 6) is 1.09. The largest absolute Gasteiger partial charge is 0.328 e. The monoisotopic (exact) mass is 229 g/mol. The van der Waals surface area contributed by atoms with Crippen molar-refractivity contribution in [2.75, 3.05) is 0 Å². The van der Waals surface area contributed by atoms with Gasteiger partial charge in [0.1, 0.15) is 0 Å². The van der Waals surface area contributed by atoms with Gasteiger partial charge in [0.05, 0.1) is 10.0 Å². The van der Waals surface area contributed by atoms with Crippen molar-refractivity contribution >= 4 is 23.2 Å². The zero-order valence-corrected chi connectivity index (χ0v) is 9.52. The Labute approximate surface area is 94.2 Å². The van der Waals surface area contributed by atoms with Gasteiger partial charge in [-0.25, -0.2) is 0 Å². The van der Waals surface area contributed by atoms with Crippen LogP contribution in [0.1, 0.15) is 24.8 Å². The number of nitrogens with two attached hydrogens (primary N) is 1. The maximum Gasteiger partial charge on any atom is 0.0627 e. The van der Waals surface area contributed by atoms with Crippen molar-refractivity contribution in [2.24, 2.45) is 11.7 Å². The van der Waals surface area contributed by atoms with E-state index < -0.39 is 0 Å². The fraction of sp³-hybridized carbons (Fsp3) is 0.455. The molecule has 0 unspecified atom stereocenters. The maximum atomic E-state index is 6.13. The van der Waals surface area contributed by atoms with Gasteiger partial charge in [-0.1, -0.05) is 35.3 Å². The van der Waals surface area contributed by atoms with Crippen molar-refractivity contribution in [3.05, 3.63) is 33.8 Å². The molecule has 1 saturated carbocycles. The van der Waals surface area contributed by atoms with Crippen LogP contribution < -0.4 is 5.73 Å². The van der Waals surface area contributed by atoms with E-state index in [1.807, 2.05) is 25.1 Å². The van der Waals surface area contributed by atoms with Crippen LogP contribution in [0, 0.1) is 5.92 Å². The Kier molecular flexibility index (Phi) is 2.74. The third-order valence-corrected chi connectivity index (χ3v) is 3.73.